The number of hydrogen-bond donors (Lipinski definition) is 3. The molecular weight excluding hydrogens is 286 g/mol. The zero-order chi connectivity index (χ0) is 16.4. The van der Waals surface area contributed by atoms with Crippen molar-refractivity contribution in [1.29, 1.82) is 0 Å². The molecule has 0 saturated heterocycles. The van der Waals surface area contributed by atoms with E-state index in [4.69, 9.17) is 10.5 Å². The first-order chi connectivity index (χ1) is 10.5. The van der Waals surface area contributed by atoms with Gasteiger partial charge in [0, 0.05) is 13.6 Å². The number of nitrogens with zero attached hydrogens (tertiary/aromatic N) is 1. The van der Waals surface area contributed by atoms with Crippen LogP contribution in [-0.4, -0.2) is 61.2 Å². The molecular formula is C15H23N3O4. The molecule has 0 fully saturated rings. The van der Waals surface area contributed by atoms with Crippen LogP contribution in [0.15, 0.2) is 30.3 Å². The van der Waals surface area contributed by atoms with Gasteiger partial charge in [-0.25, -0.2) is 0 Å². The van der Waals surface area contributed by atoms with Crippen LogP contribution < -0.4 is 11.1 Å². The largest absolute Gasteiger partial charge is 0.389 e. The summed E-state index contributed by atoms with van der Waals surface area (Å²) in [7, 11) is 1.55. The molecule has 1 rings (SSSR count). The molecule has 4 N–H and O–H groups in total. The topological polar surface area (TPSA) is 105 Å². The van der Waals surface area contributed by atoms with Crippen molar-refractivity contribution >= 4 is 11.8 Å². The number of amides is 2. The maximum Gasteiger partial charge on any atom is 0.241 e. The van der Waals surface area contributed by atoms with E-state index in [-0.39, 0.29) is 32.1 Å². The van der Waals surface area contributed by atoms with Gasteiger partial charge in [0.05, 0.1) is 32.4 Å². The average Bonchev–Trinajstić information content (AvgIpc) is 2.53. The minimum absolute atomic E-state index is 0.127. The molecule has 1 aromatic rings. The summed E-state index contributed by atoms with van der Waals surface area (Å²) >= 11 is 0. The lowest BCUT2D eigenvalue weighted by molar-refractivity contribution is -0.133. The second-order valence-electron chi connectivity index (χ2n) is 4.91. The van der Waals surface area contributed by atoms with Gasteiger partial charge in [-0.15, -0.1) is 0 Å². The Morgan fingerprint density at radius 2 is 2.05 bits per heavy atom. The van der Waals surface area contributed by atoms with Gasteiger partial charge in [0.25, 0.3) is 0 Å². The number of hydrogen-bond acceptors (Lipinski definition) is 5. The van der Waals surface area contributed by atoms with Crippen molar-refractivity contribution < 1.29 is 19.4 Å². The van der Waals surface area contributed by atoms with Crippen molar-refractivity contribution in [1.82, 2.24) is 10.2 Å². The molecule has 122 valence electrons. The smallest absolute Gasteiger partial charge is 0.241 e. The molecule has 2 amide bonds. The van der Waals surface area contributed by atoms with E-state index >= 15 is 0 Å². The Hall–Kier alpha value is -1.96. The fourth-order valence-corrected chi connectivity index (χ4v) is 1.74. The molecule has 0 aromatic heterocycles. The van der Waals surface area contributed by atoms with Crippen molar-refractivity contribution in [3.63, 3.8) is 0 Å². The van der Waals surface area contributed by atoms with Crippen LogP contribution in [0.25, 0.3) is 0 Å². The second kappa shape index (κ2) is 9.88. The van der Waals surface area contributed by atoms with E-state index in [1.54, 1.807) is 7.05 Å². The Balaban J connectivity index is 2.21. The highest BCUT2D eigenvalue weighted by molar-refractivity contribution is 5.85. The third kappa shape index (κ3) is 7.16. The van der Waals surface area contributed by atoms with Crippen LogP contribution in [0.1, 0.15) is 5.56 Å². The highest BCUT2D eigenvalue weighted by Gasteiger charge is 2.14. The van der Waals surface area contributed by atoms with E-state index in [0.29, 0.717) is 6.61 Å². The van der Waals surface area contributed by atoms with E-state index < -0.39 is 12.0 Å². The fraction of sp³-hybridized carbons (Fsp3) is 0.467. The lowest BCUT2D eigenvalue weighted by Crippen LogP contribution is -2.43. The van der Waals surface area contributed by atoms with Crippen molar-refractivity contribution in [2.75, 3.05) is 33.3 Å². The van der Waals surface area contributed by atoms with Crippen molar-refractivity contribution in [2.45, 2.75) is 12.7 Å². The van der Waals surface area contributed by atoms with Crippen molar-refractivity contribution in [3.05, 3.63) is 35.9 Å². The first kappa shape index (κ1) is 18.1. The zero-order valence-electron chi connectivity index (χ0n) is 12.7. The summed E-state index contributed by atoms with van der Waals surface area (Å²) in [6.45, 7) is 0.368. The van der Waals surface area contributed by atoms with Crippen LogP contribution in [0.5, 0.6) is 0 Å². The predicted octanol–water partition coefficient (Wildman–Crippen LogP) is -0.903. The van der Waals surface area contributed by atoms with Gasteiger partial charge in [-0.1, -0.05) is 30.3 Å². The Morgan fingerprint density at radius 1 is 1.36 bits per heavy atom. The van der Waals surface area contributed by atoms with E-state index in [2.05, 4.69) is 5.32 Å². The zero-order valence-corrected chi connectivity index (χ0v) is 12.7. The molecule has 0 aliphatic rings. The van der Waals surface area contributed by atoms with E-state index in [9.17, 15) is 14.7 Å². The van der Waals surface area contributed by atoms with Crippen LogP contribution in [0, 0.1) is 0 Å². The number of benzene rings is 1. The molecule has 0 aliphatic heterocycles. The Morgan fingerprint density at radius 3 is 2.68 bits per heavy atom. The molecule has 0 radical (unpaired) electrons. The Kier molecular flexibility index (Phi) is 8.13. The van der Waals surface area contributed by atoms with Gasteiger partial charge in [-0.05, 0) is 5.56 Å². The SMILES string of the molecule is CN(CC(O)COCc1ccccc1)C(=O)CNC(=O)CN. The summed E-state index contributed by atoms with van der Waals surface area (Å²) in [6.07, 6.45) is -0.789. The number of likely N-dealkylation sites (N-methyl/N-ethyl adjacent to an activating group) is 1. The average molecular weight is 309 g/mol. The number of nitrogens with two attached hydrogens (primary N) is 1. The van der Waals surface area contributed by atoms with Crippen LogP contribution in [0.3, 0.4) is 0 Å². The summed E-state index contributed by atoms with van der Waals surface area (Å²) in [5, 5.41) is 12.2. The van der Waals surface area contributed by atoms with Gasteiger partial charge >= 0.3 is 0 Å². The van der Waals surface area contributed by atoms with Gasteiger partial charge in [0.1, 0.15) is 0 Å². The minimum atomic E-state index is -0.789. The Labute approximate surface area is 130 Å². The molecule has 1 unspecified atom stereocenters. The highest BCUT2D eigenvalue weighted by Crippen LogP contribution is 2.01. The summed E-state index contributed by atoms with van der Waals surface area (Å²) in [4.78, 5) is 24.0. The predicted molar refractivity (Wildman–Crippen MR) is 81.8 cm³/mol. The molecule has 22 heavy (non-hydrogen) atoms. The normalized spacial score (nSPS) is 11.8. The number of carbonyl (C=O) groups excluding carboxylic acids is 2. The summed E-state index contributed by atoms with van der Waals surface area (Å²) in [5.41, 5.74) is 6.14. The maximum atomic E-state index is 11.7. The third-order valence-corrected chi connectivity index (χ3v) is 2.95. The van der Waals surface area contributed by atoms with Gasteiger partial charge < -0.3 is 25.8 Å². The maximum absolute atomic E-state index is 11.7. The van der Waals surface area contributed by atoms with Gasteiger partial charge in [0.15, 0.2) is 0 Å². The van der Waals surface area contributed by atoms with Crippen molar-refractivity contribution in [2.24, 2.45) is 5.73 Å². The first-order valence-electron chi connectivity index (χ1n) is 7.03. The molecule has 1 aromatic carbocycles. The van der Waals surface area contributed by atoms with E-state index in [0.717, 1.165) is 5.56 Å². The summed E-state index contributed by atoms with van der Waals surface area (Å²) in [5.74, 6) is -0.697. The van der Waals surface area contributed by atoms with Crippen LogP contribution in [0.4, 0.5) is 0 Å². The monoisotopic (exact) mass is 309 g/mol. The lowest BCUT2D eigenvalue weighted by atomic mass is 10.2. The number of ether oxygens (including phenoxy) is 1. The molecule has 0 saturated carbocycles. The standard InChI is InChI=1S/C15H23N3O4/c1-18(15(21)8-17-14(20)7-16)9-13(19)11-22-10-12-5-3-2-4-6-12/h2-6,13,19H,7-11,16H2,1H3,(H,17,20). The Bertz CT molecular complexity index is 467. The number of aliphatic hydroxyl groups excluding tert-OH is 1. The molecule has 0 spiro atoms. The number of carbonyl (C=O) groups is 2. The fourth-order valence-electron chi connectivity index (χ4n) is 1.74. The van der Waals surface area contributed by atoms with Gasteiger partial charge in [-0.2, -0.15) is 0 Å². The third-order valence-electron chi connectivity index (χ3n) is 2.95. The lowest BCUT2D eigenvalue weighted by Gasteiger charge is -2.21. The number of rotatable bonds is 9. The molecule has 1 atom stereocenters. The number of aliphatic hydroxyl groups is 1. The molecule has 0 bridgehead atoms. The van der Waals surface area contributed by atoms with E-state index in [1.807, 2.05) is 30.3 Å². The van der Waals surface area contributed by atoms with Gasteiger partial charge in [0.2, 0.25) is 11.8 Å². The summed E-state index contributed by atoms with van der Waals surface area (Å²) in [6, 6.07) is 9.61. The quantitative estimate of drug-likeness (QED) is 0.548. The molecule has 0 heterocycles. The van der Waals surface area contributed by atoms with Crippen molar-refractivity contribution in [3.8, 4) is 0 Å². The molecule has 0 aliphatic carbocycles. The molecule has 7 heteroatoms. The second-order valence-corrected chi connectivity index (χ2v) is 4.91. The van der Waals surface area contributed by atoms with Gasteiger partial charge in [-0.3, -0.25) is 9.59 Å². The highest BCUT2D eigenvalue weighted by atomic mass is 16.5. The first-order valence-corrected chi connectivity index (χ1v) is 7.03. The number of nitrogens with one attached hydrogen (secondary N) is 1. The van der Waals surface area contributed by atoms with Crippen LogP contribution in [-0.2, 0) is 20.9 Å². The van der Waals surface area contributed by atoms with Crippen LogP contribution in [0.2, 0.25) is 0 Å². The van der Waals surface area contributed by atoms with Crippen LogP contribution >= 0.6 is 0 Å². The minimum Gasteiger partial charge on any atom is -0.389 e. The molecule has 7 nitrogen and oxygen atoms in total. The van der Waals surface area contributed by atoms with E-state index in [1.165, 1.54) is 4.90 Å². The summed E-state index contributed by atoms with van der Waals surface area (Å²) < 4.78 is 5.40.